The fraction of sp³-hybridized carbons (Fsp3) is 0.467. The number of carbonyl (C=O) groups excluding carboxylic acids is 2. The van der Waals surface area contributed by atoms with Crippen molar-refractivity contribution < 1.29 is 18.0 Å². The minimum absolute atomic E-state index is 0.0119. The van der Waals surface area contributed by atoms with Crippen LogP contribution in [0.25, 0.3) is 0 Å². The first-order valence-corrected chi connectivity index (χ1v) is 8.68. The molecule has 1 aromatic rings. The van der Waals surface area contributed by atoms with Crippen LogP contribution in [0.1, 0.15) is 43.5 Å². The first-order chi connectivity index (χ1) is 9.90. The third-order valence-corrected chi connectivity index (χ3v) is 4.54. The van der Waals surface area contributed by atoms with Gasteiger partial charge < -0.3 is 5.32 Å². The van der Waals surface area contributed by atoms with Crippen molar-refractivity contribution in [3.63, 3.8) is 0 Å². The fourth-order valence-corrected chi connectivity index (χ4v) is 2.96. The van der Waals surface area contributed by atoms with Crippen LogP contribution >= 0.6 is 0 Å². The van der Waals surface area contributed by atoms with Gasteiger partial charge in [-0.15, -0.1) is 0 Å². The summed E-state index contributed by atoms with van der Waals surface area (Å²) < 4.78 is 24.1. The van der Waals surface area contributed by atoms with Gasteiger partial charge in [-0.1, -0.05) is 26.0 Å². The minimum Gasteiger partial charge on any atom is -0.355 e. The summed E-state index contributed by atoms with van der Waals surface area (Å²) in [5.41, 5.74) is 0.492. The molecule has 0 unspecified atom stereocenters. The Morgan fingerprint density at radius 3 is 2.19 bits per heavy atom. The van der Waals surface area contributed by atoms with Crippen LogP contribution in [0.5, 0.6) is 0 Å². The summed E-state index contributed by atoms with van der Waals surface area (Å²) in [4.78, 5) is 23.3. The van der Waals surface area contributed by atoms with E-state index < -0.39 is 21.5 Å². The quantitative estimate of drug-likeness (QED) is 0.744. The molecular formula is C15H21NO4S. The SMILES string of the molecule is CCCNC(=O)CS(=O)(=O)c1ccc(C(=O)CCC)cc1. The Labute approximate surface area is 125 Å². The van der Waals surface area contributed by atoms with Crippen LogP contribution in [0.2, 0.25) is 0 Å². The molecule has 0 aliphatic heterocycles. The van der Waals surface area contributed by atoms with Crippen molar-refractivity contribution in [3.8, 4) is 0 Å². The van der Waals surface area contributed by atoms with Crippen molar-refractivity contribution in [2.24, 2.45) is 0 Å². The summed E-state index contributed by atoms with van der Waals surface area (Å²) in [6.07, 6.45) is 1.93. The number of rotatable bonds is 8. The van der Waals surface area contributed by atoms with Gasteiger partial charge in [-0.05, 0) is 25.0 Å². The lowest BCUT2D eigenvalue weighted by Crippen LogP contribution is -2.30. The van der Waals surface area contributed by atoms with Crippen molar-refractivity contribution in [1.29, 1.82) is 0 Å². The van der Waals surface area contributed by atoms with Crippen molar-refractivity contribution in [3.05, 3.63) is 29.8 Å². The van der Waals surface area contributed by atoms with Crippen LogP contribution in [0.4, 0.5) is 0 Å². The molecule has 0 fully saturated rings. The molecule has 1 rings (SSSR count). The predicted molar refractivity (Wildman–Crippen MR) is 81.0 cm³/mol. The molecule has 1 N–H and O–H groups in total. The monoisotopic (exact) mass is 311 g/mol. The molecule has 0 heterocycles. The number of hydrogen-bond acceptors (Lipinski definition) is 4. The van der Waals surface area contributed by atoms with Gasteiger partial charge in [0, 0.05) is 18.5 Å². The Morgan fingerprint density at radius 2 is 1.67 bits per heavy atom. The molecule has 1 aromatic carbocycles. The van der Waals surface area contributed by atoms with Crippen LogP contribution in [0, 0.1) is 0 Å². The van der Waals surface area contributed by atoms with Crippen LogP contribution in [-0.2, 0) is 14.6 Å². The van der Waals surface area contributed by atoms with Crippen molar-refractivity contribution in [1.82, 2.24) is 5.32 Å². The molecule has 0 aliphatic carbocycles. The highest BCUT2D eigenvalue weighted by Crippen LogP contribution is 2.14. The molecule has 5 nitrogen and oxygen atoms in total. The molecule has 0 bridgehead atoms. The van der Waals surface area contributed by atoms with Gasteiger partial charge in [0.05, 0.1) is 4.90 Å². The van der Waals surface area contributed by atoms with Gasteiger partial charge in [-0.3, -0.25) is 9.59 Å². The smallest absolute Gasteiger partial charge is 0.235 e. The average Bonchev–Trinajstić information content (AvgIpc) is 2.45. The van der Waals surface area contributed by atoms with Crippen molar-refractivity contribution >= 4 is 21.5 Å². The van der Waals surface area contributed by atoms with Crippen molar-refractivity contribution in [2.75, 3.05) is 12.3 Å². The van der Waals surface area contributed by atoms with Crippen LogP contribution in [0.15, 0.2) is 29.2 Å². The second kappa shape index (κ2) is 7.93. The lowest BCUT2D eigenvalue weighted by Gasteiger charge is -2.06. The Bertz CT molecular complexity index is 591. The van der Waals surface area contributed by atoms with Gasteiger partial charge in [-0.2, -0.15) is 0 Å². The molecule has 0 aliphatic rings. The van der Waals surface area contributed by atoms with E-state index in [1.54, 1.807) is 0 Å². The zero-order valence-corrected chi connectivity index (χ0v) is 13.2. The van der Waals surface area contributed by atoms with E-state index in [2.05, 4.69) is 5.32 Å². The molecule has 0 aromatic heterocycles. The number of sulfone groups is 1. The molecule has 0 atom stereocenters. The zero-order valence-electron chi connectivity index (χ0n) is 12.4. The van der Waals surface area contributed by atoms with Crippen molar-refractivity contribution in [2.45, 2.75) is 38.0 Å². The molecule has 0 spiro atoms. The van der Waals surface area contributed by atoms with Crippen LogP contribution in [-0.4, -0.2) is 32.4 Å². The van der Waals surface area contributed by atoms with E-state index in [1.165, 1.54) is 24.3 Å². The normalized spacial score (nSPS) is 11.1. The molecule has 116 valence electrons. The lowest BCUT2D eigenvalue weighted by molar-refractivity contribution is -0.118. The largest absolute Gasteiger partial charge is 0.355 e. The number of benzene rings is 1. The Balaban J connectivity index is 2.80. The summed E-state index contributed by atoms with van der Waals surface area (Å²) in [5.74, 6) is -1.10. The van der Waals surface area contributed by atoms with E-state index >= 15 is 0 Å². The molecule has 1 amide bonds. The molecule has 0 saturated heterocycles. The third kappa shape index (κ3) is 5.30. The van der Waals surface area contributed by atoms with E-state index in [9.17, 15) is 18.0 Å². The first-order valence-electron chi connectivity index (χ1n) is 7.03. The zero-order chi connectivity index (χ0) is 15.9. The fourth-order valence-electron chi connectivity index (χ4n) is 1.79. The standard InChI is InChI=1S/C15H21NO4S/c1-3-5-14(17)12-6-8-13(9-7-12)21(19,20)11-15(18)16-10-4-2/h6-9H,3-5,10-11H2,1-2H3,(H,16,18). The summed E-state index contributed by atoms with van der Waals surface area (Å²) in [6.45, 7) is 4.26. The summed E-state index contributed by atoms with van der Waals surface area (Å²) in [6, 6.07) is 5.75. The van der Waals surface area contributed by atoms with Gasteiger partial charge in [0.1, 0.15) is 5.75 Å². The van der Waals surface area contributed by atoms with Gasteiger partial charge in [-0.25, -0.2) is 8.42 Å². The second-order valence-electron chi connectivity index (χ2n) is 4.81. The van der Waals surface area contributed by atoms with Gasteiger partial charge in [0.25, 0.3) is 0 Å². The second-order valence-corrected chi connectivity index (χ2v) is 6.80. The number of hydrogen-bond donors (Lipinski definition) is 1. The number of nitrogens with one attached hydrogen (secondary N) is 1. The highest BCUT2D eigenvalue weighted by molar-refractivity contribution is 7.92. The molecule has 0 radical (unpaired) electrons. The Kier molecular flexibility index (Phi) is 6.55. The summed E-state index contributed by atoms with van der Waals surface area (Å²) >= 11 is 0. The molecule has 21 heavy (non-hydrogen) atoms. The molecule has 6 heteroatoms. The third-order valence-electron chi connectivity index (χ3n) is 2.91. The summed E-state index contributed by atoms with van der Waals surface area (Å²) in [7, 11) is -3.67. The first kappa shape index (κ1) is 17.4. The van der Waals surface area contributed by atoms with Gasteiger partial charge in [0.2, 0.25) is 5.91 Å². The van der Waals surface area contributed by atoms with Gasteiger partial charge >= 0.3 is 0 Å². The number of Topliss-reactive ketones (excluding diaryl/α,β-unsaturated/α-hetero) is 1. The van der Waals surface area contributed by atoms with E-state index in [0.29, 0.717) is 18.5 Å². The number of ketones is 1. The van der Waals surface area contributed by atoms with Crippen LogP contribution in [0.3, 0.4) is 0 Å². The lowest BCUT2D eigenvalue weighted by atomic mass is 10.1. The van der Waals surface area contributed by atoms with Gasteiger partial charge in [0.15, 0.2) is 15.6 Å². The molecular weight excluding hydrogens is 290 g/mol. The average molecular weight is 311 g/mol. The van der Waals surface area contributed by atoms with E-state index in [-0.39, 0.29) is 10.7 Å². The van der Waals surface area contributed by atoms with E-state index in [4.69, 9.17) is 0 Å². The minimum atomic E-state index is -3.67. The van der Waals surface area contributed by atoms with E-state index in [0.717, 1.165) is 12.8 Å². The highest BCUT2D eigenvalue weighted by atomic mass is 32.2. The maximum atomic E-state index is 12.1. The summed E-state index contributed by atoms with van der Waals surface area (Å²) in [5, 5.41) is 2.53. The highest BCUT2D eigenvalue weighted by Gasteiger charge is 2.19. The Morgan fingerprint density at radius 1 is 1.05 bits per heavy atom. The topological polar surface area (TPSA) is 80.3 Å². The maximum absolute atomic E-state index is 12.1. The number of amides is 1. The van der Waals surface area contributed by atoms with Crippen LogP contribution < -0.4 is 5.32 Å². The number of carbonyl (C=O) groups is 2. The molecule has 0 saturated carbocycles. The maximum Gasteiger partial charge on any atom is 0.235 e. The Hall–Kier alpha value is -1.69. The predicted octanol–water partition coefficient (Wildman–Crippen LogP) is 1.97. The van der Waals surface area contributed by atoms with E-state index in [1.807, 2.05) is 13.8 Å².